The van der Waals surface area contributed by atoms with Crippen LogP contribution in [0, 0.1) is 17.6 Å². The van der Waals surface area contributed by atoms with E-state index in [1.54, 1.807) is 0 Å². The van der Waals surface area contributed by atoms with Crippen molar-refractivity contribution in [3.63, 3.8) is 0 Å². The Balaban J connectivity index is 2.34. The molecule has 0 aliphatic carbocycles. The quantitative estimate of drug-likeness (QED) is 0.933. The fourth-order valence-electron chi connectivity index (χ4n) is 2.65. The van der Waals surface area contributed by atoms with Gasteiger partial charge in [-0.2, -0.15) is 0 Å². The highest BCUT2D eigenvalue weighted by molar-refractivity contribution is 6.04. The third-order valence-corrected chi connectivity index (χ3v) is 3.90. The summed E-state index contributed by atoms with van der Waals surface area (Å²) in [5.74, 6) is -4.12. The highest BCUT2D eigenvalue weighted by Gasteiger charge is 2.27. The number of likely N-dealkylation sites (tertiary alicyclic amines) is 1. The molecule has 1 unspecified atom stereocenters. The van der Waals surface area contributed by atoms with Crippen molar-refractivity contribution in [1.82, 2.24) is 4.90 Å². The minimum Gasteiger partial charge on any atom is -0.478 e. The standard InChI is InChI=1S/C15H17F2NO3/c1-2-9-4-3-5-18(8-9)14(19)10-6-12(16)13(17)7-11(10)15(20)21/h6-7,9H,2-5,8H2,1H3,(H,20,21). The van der Waals surface area contributed by atoms with Crippen molar-refractivity contribution in [3.05, 3.63) is 34.9 Å². The summed E-state index contributed by atoms with van der Waals surface area (Å²) >= 11 is 0. The average Bonchev–Trinajstić information content (AvgIpc) is 2.48. The summed E-state index contributed by atoms with van der Waals surface area (Å²) in [6, 6.07) is 1.24. The molecule has 1 aliphatic rings. The van der Waals surface area contributed by atoms with Crippen LogP contribution in [0.4, 0.5) is 8.78 Å². The normalized spacial score (nSPS) is 18.6. The molecule has 0 radical (unpaired) electrons. The van der Waals surface area contributed by atoms with Gasteiger partial charge in [-0.25, -0.2) is 13.6 Å². The van der Waals surface area contributed by atoms with Crippen LogP contribution in [-0.2, 0) is 0 Å². The molecule has 4 nitrogen and oxygen atoms in total. The number of halogens is 2. The number of benzene rings is 1. The van der Waals surface area contributed by atoms with Crippen LogP contribution in [0.25, 0.3) is 0 Å². The molecule has 21 heavy (non-hydrogen) atoms. The number of piperidine rings is 1. The Bertz CT molecular complexity index is 574. The summed E-state index contributed by atoms with van der Waals surface area (Å²) in [6.07, 6.45) is 2.77. The zero-order chi connectivity index (χ0) is 15.6. The van der Waals surface area contributed by atoms with E-state index >= 15 is 0 Å². The number of nitrogens with zero attached hydrogens (tertiary/aromatic N) is 1. The molecule has 1 aromatic rings. The van der Waals surface area contributed by atoms with Crippen molar-refractivity contribution in [1.29, 1.82) is 0 Å². The molecular formula is C15H17F2NO3. The number of aromatic carboxylic acids is 1. The molecule has 1 heterocycles. The Hall–Kier alpha value is -1.98. The van der Waals surface area contributed by atoms with Gasteiger partial charge in [-0.05, 0) is 30.9 Å². The van der Waals surface area contributed by atoms with Crippen LogP contribution < -0.4 is 0 Å². The summed E-state index contributed by atoms with van der Waals surface area (Å²) < 4.78 is 26.5. The number of hydrogen-bond acceptors (Lipinski definition) is 2. The molecule has 1 atom stereocenters. The van der Waals surface area contributed by atoms with Gasteiger partial charge in [-0.1, -0.05) is 13.3 Å². The van der Waals surface area contributed by atoms with Gasteiger partial charge in [0.25, 0.3) is 5.91 Å². The van der Waals surface area contributed by atoms with Gasteiger partial charge in [0.1, 0.15) is 0 Å². The molecule has 1 fully saturated rings. The fraction of sp³-hybridized carbons (Fsp3) is 0.467. The smallest absolute Gasteiger partial charge is 0.336 e. The molecule has 1 aliphatic heterocycles. The van der Waals surface area contributed by atoms with Gasteiger partial charge in [0.15, 0.2) is 11.6 Å². The molecule has 1 saturated heterocycles. The van der Waals surface area contributed by atoms with E-state index < -0.39 is 29.1 Å². The van der Waals surface area contributed by atoms with Crippen molar-refractivity contribution < 1.29 is 23.5 Å². The topological polar surface area (TPSA) is 57.6 Å². The summed E-state index contributed by atoms with van der Waals surface area (Å²) in [7, 11) is 0. The molecule has 1 amide bonds. The summed E-state index contributed by atoms with van der Waals surface area (Å²) in [5.41, 5.74) is -0.796. The van der Waals surface area contributed by atoms with Crippen LogP contribution >= 0.6 is 0 Å². The van der Waals surface area contributed by atoms with Crippen molar-refractivity contribution in [2.45, 2.75) is 26.2 Å². The highest BCUT2D eigenvalue weighted by Crippen LogP contribution is 2.23. The van der Waals surface area contributed by atoms with Gasteiger partial charge in [-0.3, -0.25) is 4.79 Å². The van der Waals surface area contributed by atoms with Gasteiger partial charge in [0.05, 0.1) is 11.1 Å². The second kappa shape index (κ2) is 6.20. The summed E-state index contributed by atoms with van der Waals surface area (Å²) in [5, 5.41) is 9.07. The molecule has 114 valence electrons. The first kappa shape index (κ1) is 15.4. The van der Waals surface area contributed by atoms with E-state index in [4.69, 9.17) is 5.11 Å². The predicted molar refractivity (Wildman–Crippen MR) is 72.2 cm³/mol. The Morgan fingerprint density at radius 3 is 2.48 bits per heavy atom. The Morgan fingerprint density at radius 1 is 1.29 bits per heavy atom. The first-order valence-electron chi connectivity index (χ1n) is 6.95. The molecule has 6 heteroatoms. The lowest BCUT2D eigenvalue weighted by Gasteiger charge is -2.32. The zero-order valence-corrected chi connectivity index (χ0v) is 11.7. The van der Waals surface area contributed by atoms with Crippen molar-refractivity contribution in [2.75, 3.05) is 13.1 Å². The van der Waals surface area contributed by atoms with Gasteiger partial charge in [0, 0.05) is 13.1 Å². The minimum absolute atomic E-state index is 0.293. The highest BCUT2D eigenvalue weighted by atomic mass is 19.2. The maximum Gasteiger partial charge on any atom is 0.336 e. The van der Waals surface area contributed by atoms with E-state index in [0.29, 0.717) is 31.1 Å². The third-order valence-electron chi connectivity index (χ3n) is 3.90. The Kier molecular flexibility index (Phi) is 4.55. The van der Waals surface area contributed by atoms with E-state index in [2.05, 4.69) is 0 Å². The summed E-state index contributed by atoms with van der Waals surface area (Å²) in [6.45, 7) is 3.06. The monoisotopic (exact) mass is 297 g/mol. The van der Waals surface area contributed by atoms with E-state index in [-0.39, 0.29) is 5.56 Å². The zero-order valence-electron chi connectivity index (χ0n) is 11.7. The van der Waals surface area contributed by atoms with Crippen molar-refractivity contribution in [2.24, 2.45) is 5.92 Å². The van der Waals surface area contributed by atoms with Crippen LogP contribution in [0.3, 0.4) is 0 Å². The van der Waals surface area contributed by atoms with Crippen LogP contribution in [-0.4, -0.2) is 35.0 Å². The SMILES string of the molecule is CCC1CCCN(C(=O)c2cc(F)c(F)cc2C(=O)O)C1. The largest absolute Gasteiger partial charge is 0.478 e. The number of carboxylic acids is 1. The van der Waals surface area contributed by atoms with Gasteiger partial charge in [-0.15, -0.1) is 0 Å². The van der Waals surface area contributed by atoms with E-state index in [1.807, 2.05) is 6.92 Å². The molecule has 1 N–H and O–H groups in total. The first-order chi connectivity index (χ1) is 9.93. The Labute approximate surface area is 121 Å². The lowest BCUT2D eigenvalue weighted by Crippen LogP contribution is -2.40. The van der Waals surface area contributed by atoms with Crippen LogP contribution in [0.1, 0.15) is 46.9 Å². The summed E-state index contributed by atoms with van der Waals surface area (Å²) in [4.78, 5) is 25.1. The van der Waals surface area contributed by atoms with Crippen molar-refractivity contribution in [3.8, 4) is 0 Å². The van der Waals surface area contributed by atoms with Gasteiger partial charge < -0.3 is 10.0 Å². The maximum absolute atomic E-state index is 13.4. The van der Waals surface area contributed by atoms with Gasteiger partial charge >= 0.3 is 5.97 Å². The van der Waals surface area contributed by atoms with E-state index in [0.717, 1.165) is 19.3 Å². The number of carbonyl (C=O) groups is 2. The number of rotatable bonds is 3. The second-order valence-electron chi connectivity index (χ2n) is 5.28. The lowest BCUT2D eigenvalue weighted by molar-refractivity contribution is 0.0639. The number of amides is 1. The van der Waals surface area contributed by atoms with Crippen LogP contribution in [0.5, 0.6) is 0 Å². The number of hydrogen-bond donors (Lipinski definition) is 1. The molecule has 0 saturated carbocycles. The fourth-order valence-corrected chi connectivity index (χ4v) is 2.65. The molecular weight excluding hydrogens is 280 g/mol. The predicted octanol–water partition coefficient (Wildman–Crippen LogP) is 2.93. The Morgan fingerprint density at radius 2 is 1.90 bits per heavy atom. The van der Waals surface area contributed by atoms with Crippen LogP contribution in [0.15, 0.2) is 12.1 Å². The third kappa shape index (κ3) is 3.20. The molecule has 0 spiro atoms. The molecule has 0 aromatic heterocycles. The maximum atomic E-state index is 13.4. The van der Waals surface area contributed by atoms with Gasteiger partial charge in [0.2, 0.25) is 0 Å². The molecule has 0 bridgehead atoms. The second-order valence-corrected chi connectivity index (χ2v) is 5.28. The van der Waals surface area contributed by atoms with Crippen molar-refractivity contribution >= 4 is 11.9 Å². The van der Waals surface area contributed by atoms with E-state index in [9.17, 15) is 18.4 Å². The van der Waals surface area contributed by atoms with E-state index in [1.165, 1.54) is 4.90 Å². The van der Waals surface area contributed by atoms with Crippen LogP contribution in [0.2, 0.25) is 0 Å². The first-order valence-corrected chi connectivity index (χ1v) is 6.95. The molecule has 2 rings (SSSR count). The number of carboxylic acid groups (broad SMARTS) is 1. The number of carbonyl (C=O) groups excluding carboxylic acids is 1. The average molecular weight is 297 g/mol. The molecule has 1 aromatic carbocycles. The minimum atomic E-state index is -1.44. The lowest BCUT2D eigenvalue weighted by atomic mass is 9.94.